The summed E-state index contributed by atoms with van der Waals surface area (Å²) in [4.78, 5) is 22.0. The van der Waals surface area contributed by atoms with Crippen LogP contribution in [0.4, 0.5) is 0 Å². The second-order valence-electron chi connectivity index (χ2n) is 5.39. The van der Waals surface area contributed by atoms with Crippen molar-refractivity contribution in [3.05, 3.63) is 35.9 Å². The summed E-state index contributed by atoms with van der Waals surface area (Å²) in [6, 6.07) is 3.65. The Morgan fingerprint density at radius 3 is 2.62 bits per heavy atom. The van der Waals surface area contributed by atoms with Gasteiger partial charge in [-0.05, 0) is 24.1 Å². The van der Waals surface area contributed by atoms with Crippen molar-refractivity contribution in [2.24, 2.45) is 0 Å². The average Bonchev–Trinajstić information content (AvgIpc) is 3.17. The summed E-state index contributed by atoms with van der Waals surface area (Å²) in [7, 11) is -3.69. The summed E-state index contributed by atoms with van der Waals surface area (Å²) < 4.78 is 26.0. The highest BCUT2D eigenvalue weighted by Crippen LogP contribution is 2.15. The van der Waals surface area contributed by atoms with Gasteiger partial charge in [0.25, 0.3) is 21.1 Å². The van der Waals surface area contributed by atoms with E-state index in [9.17, 15) is 13.2 Å². The van der Waals surface area contributed by atoms with Crippen LogP contribution in [0.3, 0.4) is 0 Å². The van der Waals surface area contributed by atoms with Gasteiger partial charge < -0.3 is 4.90 Å². The molecule has 0 aliphatic carbocycles. The van der Waals surface area contributed by atoms with Gasteiger partial charge in [0.05, 0.1) is 0 Å². The molecule has 1 N–H and O–H groups in total. The lowest BCUT2D eigenvalue weighted by Crippen LogP contribution is -2.50. The van der Waals surface area contributed by atoms with Gasteiger partial charge in [-0.1, -0.05) is 6.92 Å². The number of amides is 1. The third-order valence-electron chi connectivity index (χ3n) is 3.95. The Balaban J connectivity index is 1.67. The Kier molecular flexibility index (Phi) is 4.58. The summed E-state index contributed by atoms with van der Waals surface area (Å²) in [6.07, 6.45) is 3.60. The summed E-state index contributed by atoms with van der Waals surface area (Å²) >= 11 is 0. The van der Waals surface area contributed by atoms with Crippen molar-refractivity contribution in [3.8, 4) is 0 Å². The zero-order valence-corrected chi connectivity index (χ0v) is 14.0. The van der Waals surface area contributed by atoms with Crippen LogP contribution in [-0.4, -0.2) is 69.9 Å². The maximum atomic E-state index is 12.5. The molecule has 0 aromatic carbocycles. The molecule has 10 heteroatoms. The molecular formula is C14H18N6O3S. The van der Waals surface area contributed by atoms with Crippen LogP contribution >= 0.6 is 0 Å². The van der Waals surface area contributed by atoms with Crippen LogP contribution in [0.5, 0.6) is 0 Å². The third kappa shape index (κ3) is 3.15. The van der Waals surface area contributed by atoms with Crippen LogP contribution in [0.15, 0.2) is 29.8 Å². The fraction of sp³-hybridized carbons (Fsp3) is 0.429. The van der Waals surface area contributed by atoms with E-state index in [2.05, 4.69) is 20.2 Å². The Labute approximate surface area is 139 Å². The van der Waals surface area contributed by atoms with Crippen LogP contribution in [0.1, 0.15) is 23.0 Å². The molecule has 0 saturated carbocycles. The largest absolute Gasteiger partial charge is 0.335 e. The lowest BCUT2D eigenvalue weighted by molar-refractivity contribution is 0.0691. The quantitative estimate of drug-likeness (QED) is 0.825. The lowest BCUT2D eigenvalue weighted by Gasteiger charge is -2.33. The van der Waals surface area contributed by atoms with Gasteiger partial charge in [-0.2, -0.15) is 9.40 Å². The number of nitrogens with one attached hydrogen (secondary N) is 1. The number of H-pyrrole nitrogens is 1. The minimum atomic E-state index is -3.69. The van der Waals surface area contributed by atoms with E-state index < -0.39 is 10.0 Å². The number of aromatic amines is 1. The molecule has 1 aliphatic rings. The fourth-order valence-corrected chi connectivity index (χ4v) is 3.78. The highest BCUT2D eigenvalue weighted by Gasteiger charge is 2.32. The van der Waals surface area contributed by atoms with Crippen LogP contribution < -0.4 is 0 Å². The molecule has 1 saturated heterocycles. The standard InChI is InChI=1S/C14H18N6O3S/c1-2-11-3-4-15-12(9-11)13(21)19-5-7-20(8-6-19)24(22,23)14-16-10-17-18-14/h3-4,9-10H,2,5-8H2,1H3,(H,16,17,18). The number of piperazine rings is 1. The zero-order chi connectivity index (χ0) is 17.2. The molecule has 1 amide bonds. The number of rotatable bonds is 4. The van der Waals surface area contributed by atoms with Crippen molar-refractivity contribution in [1.82, 2.24) is 29.4 Å². The number of pyridine rings is 1. The molecule has 0 unspecified atom stereocenters. The molecule has 1 fully saturated rings. The minimum Gasteiger partial charge on any atom is -0.335 e. The van der Waals surface area contributed by atoms with Crippen molar-refractivity contribution in [3.63, 3.8) is 0 Å². The third-order valence-corrected chi connectivity index (χ3v) is 5.69. The van der Waals surface area contributed by atoms with Crippen LogP contribution in [-0.2, 0) is 16.4 Å². The number of hydrogen-bond acceptors (Lipinski definition) is 6. The fourth-order valence-electron chi connectivity index (χ4n) is 2.55. The molecule has 9 nitrogen and oxygen atoms in total. The normalized spacial score (nSPS) is 16.3. The topological polar surface area (TPSA) is 112 Å². The van der Waals surface area contributed by atoms with Gasteiger partial charge in [0.1, 0.15) is 12.0 Å². The maximum Gasteiger partial charge on any atom is 0.278 e. The van der Waals surface area contributed by atoms with E-state index in [0.717, 1.165) is 18.3 Å². The first kappa shape index (κ1) is 16.5. The Morgan fingerprint density at radius 1 is 1.25 bits per heavy atom. The average molecular weight is 350 g/mol. The van der Waals surface area contributed by atoms with Gasteiger partial charge in [0, 0.05) is 32.4 Å². The van der Waals surface area contributed by atoms with Gasteiger partial charge in [0.2, 0.25) is 0 Å². The van der Waals surface area contributed by atoms with E-state index >= 15 is 0 Å². The Morgan fingerprint density at radius 2 is 2.00 bits per heavy atom. The van der Waals surface area contributed by atoms with Crippen LogP contribution in [0.2, 0.25) is 0 Å². The Bertz CT molecular complexity index is 813. The molecular weight excluding hydrogens is 332 g/mol. The van der Waals surface area contributed by atoms with Crippen molar-refractivity contribution >= 4 is 15.9 Å². The molecule has 24 heavy (non-hydrogen) atoms. The Hall–Kier alpha value is -2.33. The molecule has 1 aliphatic heterocycles. The molecule has 0 spiro atoms. The number of carbonyl (C=O) groups excluding carboxylic acids is 1. The van der Waals surface area contributed by atoms with Gasteiger partial charge >= 0.3 is 0 Å². The second-order valence-corrected chi connectivity index (χ2v) is 7.24. The summed E-state index contributed by atoms with van der Waals surface area (Å²) in [5.74, 6) is -0.179. The lowest BCUT2D eigenvalue weighted by atomic mass is 10.1. The smallest absolute Gasteiger partial charge is 0.278 e. The van der Waals surface area contributed by atoms with E-state index in [1.807, 2.05) is 13.0 Å². The van der Waals surface area contributed by atoms with Crippen molar-refractivity contribution in [2.75, 3.05) is 26.2 Å². The highest BCUT2D eigenvalue weighted by atomic mass is 32.2. The summed E-state index contributed by atoms with van der Waals surface area (Å²) in [5.41, 5.74) is 1.43. The summed E-state index contributed by atoms with van der Waals surface area (Å²) in [6.45, 7) is 3.05. The molecule has 3 heterocycles. The molecule has 0 radical (unpaired) electrons. The van der Waals surface area contributed by atoms with Gasteiger partial charge in [0.15, 0.2) is 0 Å². The van der Waals surface area contributed by atoms with E-state index in [-0.39, 0.29) is 24.2 Å². The first-order chi connectivity index (χ1) is 11.5. The first-order valence-electron chi connectivity index (χ1n) is 7.62. The van der Waals surface area contributed by atoms with Gasteiger partial charge in [-0.25, -0.2) is 18.5 Å². The highest BCUT2D eigenvalue weighted by molar-refractivity contribution is 7.88. The zero-order valence-electron chi connectivity index (χ0n) is 13.2. The van der Waals surface area contributed by atoms with E-state index in [0.29, 0.717) is 18.8 Å². The van der Waals surface area contributed by atoms with E-state index in [1.165, 1.54) is 4.31 Å². The van der Waals surface area contributed by atoms with Gasteiger partial charge in [-0.15, -0.1) is 0 Å². The number of carbonyl (C=O) groups is 1. The molecule has 0 bridgehead atoms. The van der Waals surface area contributed by atoms with Crippen LogP contribution in [0, 0.1) is 0 Å². The molecule has 2 aromatic rings. The number of aromatic nitrogens is 4. The van der Waals surface area contributed by atoms with Gasteiger partial charge in [-0.3, -0.25) is 9.78 Å². The maximum absolute atomic E-state index is 12.5. The predicted octanol–water partition coefficient (Wildman–Crippen LogP) is -0.0912. The molecule has 2 aromatic heterocycles. The summed E-state index contributed by atoms with van der Waals surface area (Å²) in [5, 5.41) is 5.75. The van der Waals surface area contributed by atoms with Crippen molar-refractivity contribution in [2.45, 2.75) is 18.5 Å². The molecule has 0 atom stereocenters. The molecule has 128 valence electrons. The van der Waals surface area contributed by atoms with Crippen molar-refractivity contribution < 1.29 is 13.2 Å². The van der Waals surface area contributed by atoms with Crippen LogP contribution in [0.25, 0.3) is 0 Å². The number of hydrogen-bond donors (Lipinski definition) is 1. The monoisotopic (exact) mass is 350 g/mol. The first-order valence-corrected chi connectivity index (χ1v) is 9.06. The second kappa shape index (κ2) is 6.65. The van der Waals surface area contributed by atoms with Crippen molar-refractivity contribution in [1.29, 1.82) is 0 Å². The minimum absolute atomic E-state index is 0.179. The number of aryl methyl sites for hydroxylation is 1. The molecule has 3 rings (SSSR count). The number of sulfonamides is 1. The van der Waals surface area contributed by atoms with E-state index in [4.69, 9.17) is 0 Å². The number of nitrogens with zero attached hydrogens (tertiary/aromatic N) is 5. The SMILES string of the molecule is CCc1ccnc(C(=O)N2CCN(S(=O)(=O)c3ncn[nH]3)CC2)c1. The van der Waals surface area contributed by atoms with E-state index in [1.54, 1.807) is 17.2 Å². The predicted molar refractivity (Wildman–Crippen MR) is 84.7 cm³/mol.